The molecule has 1 unspecified atom stereocenters. The van der Waals surface area contributed by atoms with Crippen molar-refractivity contribution in [3.63, 3.8) is 0 Å². The summed E-state index contributed by atoms with van der Waals surface area (Å²) in [4.78, 5) is 23.5. The van der Waals surface area contributed by atoms with Crippen LogP contribution in [0.15, 0.2) is 18.6 Å². The standard InChI is InChI=1S/C19H27N3O/c23-19(11-17(14-3-1-4-14)15-5-2-6-15)22-10-7-16(13-22)18-12-20-8-9-21-18/h8-9,12,14-17H,1-7,10-11,13H2. The van der Waals surface area contributed by atoms with Gasteiger partial charge in [0.15, 0.2) is 0 Å². The van der Waals surface area contributed by atoms with E-state index in [-0.39, 0.29) is 0 Å². The van der Waals surface area contributed by atoms with E-state index in [0.717, 1.165) is 43.5 Å². The molecule has 0 aromatic carbocycles. The van der Waals surface area contributed by atoms with Gasteiger partial charge < -0.3 is 4.90 Å². The zero-order chi connectivity index (χ0) is 15.6. The van der Waals surface area contributed by atoms with Crippen LogP contribution in [0.5, 0.6) is 0 Å². The lowest BCUT2D eigenvalue weighted by molar-refractivity contribution is -0.133. The second-order valence-electron chi connectivity index (χ2n) is 7.71. The molecule has 2 aliphatic carbocycles. The molecule has 1 aromatic heterocycles. The van der Waals surface area contributed by atoms with Crippen LogP contribution in [-0.2, 0) is 4.79 Å². The topological polar surface area (TPSA) is 46.1 Å². The molecule has 3 aliphatic rings. The molecule has 0 N–H and O–H groups in total. The number of nitrogens with zero attached hydrogens (tertiary/aromatic N) is 3. The van der Waals surface area contributed by atoms with Crippen molar-refractivity contribution < 1.29 is 4.79 Å². The third-order valence-electron chi connectivity index (χ3n) is 6.46. The maximum absolute atomic E-state index is 12.8. The smallest absolute Gasteiger partial charge is 0.222 e. The molecule has 2 heterocycles. The Kier molecular flexibility index (Phi) is 4.32. The van der Waals surface area contributed by atoms with Crippen LogP contribution in [-0.4, -0.2) is 33.9 Å². The quantitative estimate of drug-likeness (QED) is 0.837. The Morgan fingerprint density at radius 2 is 1.87 bits per heavy atom. The summed E-state index contributed by atoms with van der Waals surface area (Å²) in [5.41, 5.74) is 1.04. The highest BCUT2D eigenvalue weighted by Crippen LogP contribution is 2.46. The monoisotopic (exact) mass is 313 g/mol. The van der Waals surface area contributed by atoms with Gasteiger partial charge >= 0.3 is 0 Å². The summed E-state index contributed by atoms with van der Waals surface area (Å²) in [6.07, 6.45) is 15.3. The number of rotatable bonds is 5. The van der Waals surface area contributed by atoms with Crippen molar-refractivity contribution in [1.29, 1.82) is 0 Å². The fourth-order valence-electron chi connectivity index (χ4n) is 4.53. The van der Waals surface area contributed by atoms with Gasteiger partial charge in [-0.15, -0.1) is 0 Å². The molecule has 1 amide bonds. The van der Waals surface area contributed by atoms with Gasteiger partial charge in [-0.2, -0.15) is 0 Å². The Labute approximate surface area is 138 Å². The molecule has 1 atom stereocenters. The normalized spacial score (nSPS) is 25.4. The maximum atomic E-state index is 12.8. The van der Waals surface area contributed by atoms with Crippen LogP contribution in [0, 0.1) is 17.8 Å². The summed E-state index contributed by atoms with van der Waals surface area (Å²) in [6.45, 7) is 1.72. The maximum Gasteiger partial charge on any atom is 0.222 e. The molecule has 1 saturated heterocycles. The van der Waals surface area contributed by atoms with Crippen LogP contribution in [0.25, 0.3) is 0 Å². The molecular formula is C19H27N3O. The van der Waals surface area contributed by atoms with Gasteiger partial charge in [0, 0.05) is 44.0 Å². The van der Waals surface area contributed by atoms with Crippen molar-refractivity contribution in [3.8, 4) is 0 Å². The second kappa shape index (κ2) is 6.58. The van der Waals surface area contributed by atoms with Crippen LogP contribution in [0.3, 0.4) is 0 Å². The first-order valence-corrected chi connectivity index (χ1v) is 9.35. The minimum Gasteiger partial charge on any atom is -0.342 e. The van der Waals surface area contributed by atoms with Crippen molar-refractivity contribution in [2.45, 2.75) is 57.3 Å². The fraction of sp³-hybridized carbons (Fsp3) is 0.737. The largest absolute Gasteiger partial charge is 0.342 e. The molecule has 124 valence electrons. The average Bonchev–Trinajstić information content (AvgIpc) is 2.94. The van der Waals surface area contributed by atoms with E-state index < -0.39 is 0 Å². The van der Waals surface area contributed by atoms with Crippen molar-refractivity contribution in [2.75, 3.05) is 13.1 Å². The predicted octanol–water partition coefficient (Wildman–Crippen LogP) is 3.40. The molecule has 0 radical (unpaired) electrons. The van der Waals surface area contributed by atoms with Gasteiger partial charge in [0.05, 0.1) is 5.69 Å². The Morgan fingerprint density at radius 1 is 1.13 bits per heavy atom. The van der Waals surface area contributed by atoms with E-state index in [2.05, 4.69) is 14.9 Å². The molecule has 1 aliphatic heterocycles. The zero-order valence-corrected chi connectivity index (χ0v) is 13.9. The molecule has 23 heavy (non-hydrogen) atoms. The Morgan fingerprint density at radius 3 is 2.43 bits per heavy atom. The fourth-order valence-corrected chi connectivity index (χ4v) is 4.53. The van der Waals surface area contributed by atoms with Gasteiger partial charge in [-0.25, -0.2) is 0 Å². The molecule has 2 saturated carbocycles. The van der Waals surface area contributed by atoms with Gasteiger partial charge in [0.2, 0.25) is 5.91 Å². The molecular weight excluding hydrogens is 286 g/mol. The molecule has 1 aromatic rings. The van der Waals surface area contributed by atoms with E-state index in [0.29, 0.717) is 17.7 Å². The Bertz CT molecular complexity index is 525. The highest BCUT2D eigenvalue weighted by Gasteiger charge is 2.38. The van der Waals surface area contributed by atoms with E-state index in [1.165, 1.54) is 38.5 Å². The average molecular weight is 313 g/mol. The first-order chi connectivity index (χ1) is 11.3. The van der Waals surface area contributed by atoms with E-state index in [9.17, 15) is 4.79 Å². The molecule has 4 heteroatoms. The van der Waals surface area contributed by atoms with Crippen molar-refractivity contribution in [1.82, 2.24) is 14.9 Å². The highest BCUT2D eigenvalue weighted by molar-refractivity contribution is 5.77. The highest BCUT2D eigenvalue weighted by atomic mass is 16.2. The van der Waals surface area contributed by atoms with Crippen LogP contribution in [0.1, 0.15) is 63.0 Å². The summed E-state index contributed by atoms with van der Waals surface area (Å²) in [5, 5.41) is 0. The summed E-state index contributed by atoms with van der Waals surface area (Å²) >= 11 is 0. The second-order valence-corrected chi connectivity index (χ2v) is 7.71. The Hall–Kier alpha value is -1.45. The molecule has 0 bridgehead atoms. The first kappa shape index (κ1) is 15.1. The van der Waals surface area contributed by atoms with Crippen LogP contribution in [0.4, 0.5) is 0 Å². The lowest BCUT2D eigenvalue weighted by Gasteiger charge is -2.42. The molecule has 3 fully saturated rings. The van der Waals surface area contributed by atoms with E-state index in [4.69, 9.17) is 0 Å². The summed E-state index contributed by atoms with van der Waals surface area (Å²) in [7, 11) is 0. The number of carbonyl (C=O) groups excluding carboxylic acids is 1. The number of aromatic nitrogens is 2. The first-order valence-electron chi connectivity index (χ1n) is 9.35. The van der Waals surface area contributed by atoms with E-state index in [1.807, 2.05) is 6.20 Å². The lowest BCUT2D eigenvalue weighted by atomic mass is 9.63. The Balaban J connectivity index is 1.35. The van der Waals surface area contributed by atoms with Gasteiger partial charge in [-0.1, -0.05) is 38.5 Å². The van der Waals surface area contributed by atoms with Gasteiger partial charge in [0.1, 0.15) is 0 Å². The van der Waals surface area contributed by atoms with Crippen LogP contribution >= 0.6 is 0 Å². The van der Waals surface area contributed by atoms with Crippen molar-refractivity contribution in [3.05, 3.63) is 24.3 Å². The SMILES string of the molecule is O=C(CC(C1CCC1)C1CCC1)N1CCC(c2cnccn2)C1. The van der Waals surface area contributed by atoms with Crippen molar-refractivity contribution >= 4 is 5.91 Å². The number of hydrogen-bond acceptors (Lipinski definition) is 3. The van der Waals surface area contributed by atoms with Crippen LogP contribution < -0.4 is 0 Å². The number of carbonyl (C=O) groups is 1. The molecule has 4 rings (SSSR count). The van der Waals surface area contributed by atoms with E-state index in [1.54, 1.807) is 12.4 Å². The van der Waals surface area contributed by atoms with E-state index >= 15 is 0 Å². The zero-order valence-electron chi connectivity index (χ0n) is 13.9. The third-order valence-corrected chi connectivity index (χ3v) is 6.46. The predicted molar refractivity (Wildman–Crippen MR) is 88.8 cm³/mol. The number of amides is 1. The summed E-state index contributed by atoms with van der Waals surface area (Å²) in [5.74, 6) is 3.10. The minimum absolute atomic E-state index is 0.374. The van der Waals surface area contributed by atoms with Gasteiger partial charge in [-0.3, -0.25) is 14.8 Å². The van der Waals surface area contributed by atoms with Gasteiger partial charge in [-0.05, 0) is 24.2 Å². The summed E-state index contributed by atoms with van der Waals surface area (Å²) < 4.78 is 0. The van der Waals surface area contributed by atoms with Crippen LogP contribution in [0.2, 0.25) is 0 Å². The van der Waals surface area contributed by atoms with Crippen molar-refractivity contribution in [2.24, 2.45) is 17.8 Å². The minimum atomic E-state index is 0.374. The van der Waals surface area contributed by atoms with Gasteiger partial charge in [0.25, 0.3) is 0 Å². The molecule has 0 spiro atoms. The number of hydrogen-bond donors (Lipinski definition) is 0. The third kappa shape index (κ3) is 3.13. The lowest BCUT2D eigenvalue weighted by Crippen LogP contribution is -2.38. The molecule has 4 nitrogen and oxygen atoms in total. The number of likely N-dealkylation sites (tertiary alicyclic amines) is 1. The summed E-state index contributed by atoms with van der Waals surface area (Å²) in [6, 6.07) is 0.